The van der Waals surface area contributed by atoms with E-state index in [1.54, 1.807) is 13.4 Å². The van der Waals surface area contributed by atoms with Crippen molar-refractivity contribution in [2.24, 2.45) is 0 Å². The Bertz CT molecular complexity index is 1180. The van der Waals surface area contributed by atoms with Crippen molar-refractivity contribution in [3.05, 3.63) is 77.2 Å². The summed E-state index contributed by atoms with van der Waals surface area (Å²) in [7, 11) is -2.00. The number of nitrogens with one attached hydrogen (secondary N) is 1. The number of hydrogen-bond donors (Lipinski definition) is 1. The van der Waals surface area contributed by atoms with Crippen LogP contribution >= 0.6 is 0 Å². The lowest BCUT2D eigenvalue weighted by molar-refractivity contribution is 0.166. The summed E-state index contributed by atoms with van der Waals surface area (Å²) in [5.41, 5.74) is 3.72. The maximum absolute atomic E-state index is 13.3. The zero-order chi connectivity index (χ0) is 24.3. The van der Waals surface area contributed by atoms with Gasteiger partial charge in [-0.25, -0.2) is 13.1 Å². The van der Waals surface area contributed by atoms with Crippen LogP contribution in [0.1, 0.15) is 28.5 Å². The minimum atomic E-state index is -3.66. The molecule has 1 N–H and O–H groups in total. The Morgan fingerprint density at radius 1 is 1.00 bits per heavy atom. The number of rotatable bonds is 8. The maximum Gasteiger partial charge on any atom is 0.241 e. The monoisotopic (exact) mass is 483 g/mol. The molecule has 0 amide bonds. The first-order valence-corrected chi connectivity index (χ1v) is 13.0. The molecule has 2 aromatic carbocycles. The van der Waals surface area contributed by atoms with Gasteiger partial charge in [0.2, 0.25) is 10.0 Å². The Morgan fingerprint density at radius 2 is 1.65 bits per heavy atom. The molecule has 1 aromatic heterocycles. The highest BCUT2D eigenvalue weighted by molar-refractivity contribution is 7.89. The first-order valence-electron chi connectivity index (χ1n) is 11.5. The van der Waals surface area contributed by atoms with Gasteiger partial charge in [-0.15, -0.1) is 0 Å². The lowest BCUT2D eigenvalue weighted by Gasteiger charge is -2.39. The van der Waals surface area contributed by atoms with Crippen LogP contribution in [-0.2, 0) is 10.0 Å². The molecule has 0 radical (unpaired) electrons. The van der Waals surface area contributed by atoms with Gasteiger partial charge in [0.25, 0.3) is 0 Å². The van der Waals surface area contributed by atoms with Gasteiger partial charge in [-0.2, -0.15) is 0 Å². The molecular weight excluding hydrogens is 450 g/mol. The largest absolute Gasteiger partial charge is 0.497 e. The Labute approximate surface area is 202 Å². The number of nitrogens with zero attached hydrogens (tertiary/aromatic N) is 2. The lowest BCUT2D eigenvalue weighted by Crippen LogP contribution is -2.49. The lowest BCUT2D eigenvalue weighted by atomic mass is 10.1. The average Bonchev–Trinajstić information content (AvgIpc) is 3.33. The zero-order valence-corrected chi connectivity index (χ0v) is 21.1. The third kappa shape index (κ3) is 5.29. The third-order valence-electron chi connectivity index (χ3n) is 6.40. The predicted octanol–water partition coefficient (Wildman–Crippen LogP) is 4.06. The fourth-order valence-corrected chi connectivity index (χ4v) is 6.31. The van der Waals surface area contributed by atoms with Crippen LogP contribution < -0.4 is 14.4 Å². The molecule has 1 unspecified atom stereocenters. The highest BCUT2D eigenvalue weighted by Gasteiger charge is 2.29. The Morgan fingerprint density at radius 3 is 2.21 bits per heavy atom. The van der Waals surface area contributed by atoms with Crippen LogP contribution in [0.3, 0.4) is 0 Å². The van der Waals surface area contributed by atoms with E-state index in [1.807, 2.05) is 57.2 Å². The fourth-order valence-electron chi connectivity index (χ4n) is 4.83. The van der Waals surface area contributed by atoms with Gasteiger partial charge in [-0.05, 0) is 68.3 Å². The van der Waals surface area contributed by atoms with Gasteiger partial charge in [0.1, 0.15) is 11.5 Å². The van der Waals surface area contributed by atoms with Crippen molar-refractivity contribution in [3.63, 3.8) is 0 Å². The third-order valence-corrected chi connectivity index (χ3v) is 8.13. The van der Waals surface area contributed by atoms with Crippen LogP contribution in [0.25, 0.3) is 0 Å². The van der Waals surface area contributed by atoms with Gasteiger partial charge in [0.15, 0.2) is 0 Å². The maximum atomic E-state index is 13.3. The molecule has 1 fully saturated rings. The Balaban J connectivity index is 1.47. The van der Waals surface area contributed by atoms with Crippen molar-refractivity contribution in [2.75, 3.05) is 44.7 Å². The molecule has 1 atom stereocenters. The van der Waals surface area contributed by atoms with Gasteiger partial charge in [0.05, 0.1) is 24.3 Å². The fraction of sp³-hybridized carbons (Fsp3) is 0.385. The summed E-state index contributed by atoms with van der Waals surface area (Å²) in [6.45, 7) is 9.17. The van der Waals surface area contributed by atoms with E-state index in [2.05, 4.69) is 26.7 Å². The van der Waals surface area contributed by atoms with E-state index in [9.17, 15) is 8.42 Å². The predicted molar refractivity (Wildman–Crippen MR) is 134 cm³/mol. The molecule has 0 bridgehead atoms. The topological polar surface area (TPSA) is 75.0 Å². The van der Waals surface area contributed by atoms with Gasteiger partial charge >= 0.3 is 0 Å². The molecule has 1 saturated heterocycles. The van der Waals surface area contributed by atoms with Gasteiger partial charge in [-0.3, -0.25) is 4.90 Å². The average molecular weight is 484 g/mol. The normalized spacial score (nSPS) is 15.9. The number of anilines is 1. The first kappa shape index (κ1) is 24.3. The van der Waals surface area contributed by atoms with Crippen molar-refractivity contribution in [1.82, 2.24) is 9.62 Å². The summed E-state index contributed by atoms with van der Waals surface area (Å²) in [4.78, 5) is 4.98. The number of ether oxygens (including phenoxy) is 1. The smallest absolute Gasteiger partial charge is 0.241 e. The molecule has 182 valence electrons. The number of sulfonamides is 1. The van der Waals surface area contributed by atoms with Crippen LogP contribution in [0.5, 0.6) is 5.75 Å². The summed E-state index contributed by atoms with van der Waals surface area (Å²) in [5.74, 6) is 1.60. The first-order chi connectivity index (χ1) is 16.3. The Kier molecular flexibility index (Phi) is 7.30. The van der Waals surface area contributed by atoms with Crippen LogP contribution in [0.15, 0.2) is 64.1 Å². The highest BCUT2D eigenvalue weighted by Crippen LogP contribution is 2.27. The molecule has 1 aliphatic heterocycles. The minimum absolute atomic E-state index is 0.186. The molecule has 0 aliphatic carbocycles. The van der Waals surface area contributed by atoms with E-state index in [-0.39, 0.29) is 12.6 Å². The highest BCUT2D eigenvalue weighted by atomic mass is 32.2. The van der Waals surface area contributed by atoms with Crippen LogP contribution in [0, 0.1) is 20.8 Å². The number of hydrogen-bond acceptors (Lipinski definition) is 6. The van der Waals surface area contributed by atoms with Crippen molar-refractivity contribution < 1.29 is 17.6 Å². The van der Waals surface area contributed by atoms with Crippen molar-refractivity contribution >= 4 is 15.7 Å². The van der Waals surface area contributed by atoms with E-state index < -0.39 is 10.0 Å². The van der Waals surface area contributed by atoms with Gasteiger partial charge < -0.3 is 14.1 Å². The quantitative estimate of drug-likeness (QED) is 0.521. The van der Waals surface area contributed by atoms with Crippen molar-refractivity contribution in [2.45, 2.75) is 31.7 Å². The Hall–Kier alpha value is -2.81. The molecule has 2 heterocycles. The number of piperazine rings is 1. The molecule has 1 aliphatic rings. The van der Waals surface area contributed by atoms with Crippen LogP contribution in [0.4, 0.5) is 5.69 Å². The zero-order valence-electron chi connectivity index (χ0n) is 20.2. The van der Waals surface area contributed by atoms with Gasteiger partial charge in [0, 0.05) is 38.4 Å². The van der Waals surface area contributed by atoms with Gasteiger partial charge in [-0.1, -0.05) is 17.7 Å². The summed E-state index contributed by atoms with van der Waals surface area (Å²) in [5, 5.41) is 0. The number of aryl methyl sites for hydroxylation is 3. The van der Waals surface area contributed by atoms with E-state index in [0.717, 1.165) is 60.1 Å². The minimum Gasteiger partial charge on any atom is -0.497 e. The molecule has 0 spiro atoms. The number of methoxy groups -OCH3 is 1. The van der Waals surface area contributed by atoms with Crippen molar-refractivity contribution in [1.29, 1.82) is 0 Å². The van der Waals surface area contributed by atoms with E-state index >= 15 is 0 Å². The van der Waals surface area contributed by atoms with Crippen molar-refractivity contribution in [3.8, 4) is 5.75 Å². The second-order valence-electron chi connectivity index (χ2n) is 8.83. The molecule has 7 nitrogen and oxygen atoms in total. The standard InChI is InChI=1S/C26H33N3O4S/c1-19-16-20(2)26(21(3)17-19)34(30,31)27-18-24(25-6-5-15-33-25)29-13-11-28(12-14-29)22-7-9-23(32-4)10-8-22/h5-10,15-17,24,27H,11-14,18H2,1-4H3. The molecular formula is C26H33N3O4S. The summed E-state index contributed by atoms with van der Waals surface area (Å²) in [6, 6.07) is 15.5. The van der Waals surface area contributed by atoms with Crippen LogP contribution in [-0.4, -0.2) is 53.2 Å². The molecule has 34 heavy (non-hydrogen) atoms. The molecule has 8 heteroatoms. The summed E-state index contributed by atoms with van der Waals surface area (Å²) >= 11 is 0. The summed E-state index contributed by atoms with van der Waals surface area (Å²) in [6.07, 6.45) is 1.64. The molecule has 3 aromatic rings. The van der Waals surface area contributed by atoms with Crippen LogP contribution in [0.2, 0.25) is 0 Å². The van der Waals surface area contributed by atoms with E-state index in [4.69, 9.17) is 9.15 Å². The second kappa shape index (κ2) is 10.2. The molecule has 4 rings (SSSR count). The number of benzene rings is 2. The molecule has 0 saturated carbocycles. The van der Waals surface area contributed by atoms with E-state index in [1.165, 1.54) is 0 Å². The SMILES string of the molecule is COc1ccc(N2CCN(C(CNS(=O)(=O)c3c(C)cc(C)cc3C)c3ccco3)CC2)cc1. The summed E-state index contributed by atoms with van der Waals surface area (Å²) < 4.78 is 40.3. The van der Waals surface area contributed by atoms with E-state index in [0.29, 0.717) is 4.90 Å². The number of furan rings is 1. The second-order valence-corrected chi connectivity index (χ2v) is 10.5.